The topological polar surface area (TPSA) is 17.0 Å². The van der Waals surface area contributed by atoms with Gasteiger partial charge in [0.1, 0.15) is 0 Å². The number of hydrogen-bond acceptors (Lipinski definition) is 1. The number of aromatic nitrogens is 1. The summed E-state index contributed by atoms with van der Waals surface area (Å²) in [5.41, 5.74) is 2.81. The number of fused-ring (bicyclic) bond motifs is 1. The number of allylic oxidation sites excluding steroid dienone is 1. The van der Waals surface area contributed by atoms with E-state index in [1.807, 2.05) is 6.08 Å². The molecule has 0 saturated heterocycles. The molecule has 1 N–H and O–H groups in total. The molecule has 0 aliphatic rings. The van der Waals surface area contributed by atoms with Crippen LogP contribution in [0, 0.1) is 0 Å². The van der Waals surface area contributed by atoms with Gasteiger partial charge in [-0.15, -0.1) is 6.58 Å². The molecule has 1 aromatic carbocycles. The van der Waals surface area contributed by atoms with Gasteiger partial charge in [-0.05, 0) is 37.4 Å². The van der Waals surface area contributed by atoms with Crippen molar-refractivity contribution in [1.29, 1.82) is 0 Å². The Morgan fingerprint density at radius 3 is 2.85 bits per heavy atom. The number of nitrogens with one attached hydrogen (secondary N) is 1. The summed E-state index contributed by atoms with van der Waals surface area (Å²) < 4.78 is 2.39. The molecule has 0 bridgehead atoms. The van der Waals surface area contributed by atoms with E-state index in [1.54, 1.807) is 0 Å². The van der Waals surface area contributed by atoms with Gasteiger partial charge in [0.2, 0.25) is 0 Å². The number of para-hydroxylation sites is 1. The smallest absolute Gasteiger partial charge is 0.0483 e. The van der Waals surface area contributed by atoms with E-state index < -0.39 is 0 Å². The summed E-state index contributed by atoms with van der Waals surface area (Å²) in [6.07, 6.45) is 7.66. The first-order valence-corrected chi connectivity index (χ1v) is 7.63. The molecule has 2 heteroatoms. The lowest BCUT2D eigenvalue weighted by Gasteiger charge is -2.06. The first kappa shape index (κ1) is 14.9. The summed E-state index contributed by atoms with van der Waals surface area (Å²) in [5, 5.41) is 4.90. The van der Waals surface area contributed by atoms with Gasteiger partial charge in [0.05, 0.1) is 0 Å². The van der Waals surface area contributed by atoms with E-state index in [4.69, 9.17) is 0 Å². The number of unbranched alkanes of at least 4 members (excludes halogenated alkanes) is 1. The zero-order chi connectivity index (χ0) is 14.4. The van der Waals surface area contributed by atoms with Crippen molar-refractivity contribution in [3.63, 3.8) is 0 Å². The Morgan fingerprint density at radius 1 is 1.30 bits per heavy atom. The number of benzene rings is 1. The zero-order valence-electron chi connectivity index (χ0n) is 12.7. The van der Waals surface area contributed by atoms with Crippen LogP contribution in [0.25, 0.3) is 10.9 Å². The van der Waals surface area contributed by atoms with Crippen LogP contribution >= 0.6 is 0 Å². The Kier molecular flexibility index (Phi) is 5.42. The molecule has 108 valence electrons. The van der Waals surface area contributed by atoms with Crippen molar-refractivity contribution in [2.24, 2.45) is 0 Å². The maximum atomic E-state index is 3.80. The van der Waals surface area contributed by atoms with E-state index in [9.17, 15) is 0 Å². The van der Waals surface area contributed by atoms with Crippen molar-refractivity contribution in [2.75, 3.05) is 6.54 Å². The van der Waals surface area contributed by atoms with Gasteiger partial charge < -0.3 is 9.88 Å². The van der Waals surface area contributed by atoms with Gasteiger partial charge in [0, 0.05) is 29.7 Å². The largest absolute Gasteiger partial charge is 0.347 e. The molecule has 0 spiro atoms. The molecule has 0 aliphatic carbocycles. The van der Waals surface area contributed by atoms with Gasteiger partial charge in [-0.2, -0.15) is 0 Å². The first-order chi connectivity index (χ1) is 9.72. The minimum absolute atomic E-state index is 0.552. The van der Waals surface area contributed by atoms with Crippen LogP contribution in [0.3, 0.4) is 0 Å². The predicted octanol–water partition coefficient (Wildman–Crippen LogP) is 4.15. The highest BCUT2D eigenvalue weighted by atomic mass is 15.0. The fourth-order valence-corrected chi connectivity index (χ4v) is 2.61. The summed E-state index contributed by atoms with van der Waals surface area (Å²) in [6.45, 7) is 10.3. The van der Waals surface area contributed by atoms with Crippen molar-refractivity contribution in [3.05, 3.63) is 48.7 Å². The SMILES string of the molecule is C=CCCCn1cc(CCNC(C)C)c2ccccc21. The Balaban J connectivity index is 2.14. The van der Waals surface area contributed by atoms with Crippen molar-refractivity contribution < 1.29 is 0 Å². The third-order valence-electron chi connectivity index (χ3n) is 3.63. The van der Waals surface area contributed by atoms with Crippen molar-refractivity contribution >= 4 is 10.9 Å². The van der Waals surface area contributed by atoms with Crippen LogP contribution in [-0.2, 0) is 13.0 Å². The van der Waals surface area contributed by atoms with E-state index in [0.717, 1.165) is 32.4 Å². The molecule has 0 atom stereocenters. The van der Waals surface area contributed by atoms with E-state index >= 15 is 0 Å². The second kappa shape index (κ2) is 7.30. The Morgan fingerprint density at radius 2 is 2.10 bits per heavy atom. The molecule has 0 radical (unpaired) electrons. The van der Waals surface area contributed by atoms with E-state index in [1.165, 1.54) is 16.5 Å². The van der Waals surface area contributed by atoms with Crippen LogP contribution in [0.1, 0.15) is 32.3 Å². The molecule has 1 aromatic heterocycles. The molecule has 0 amide bonds. The highest BCUT2D eigenvalue weighted by Crippen LogP contribution is 2.22. The maximum Gasteiger partial charge on any atom is 0.0483 e. The second-order valence-electron chi connectivity index (χ2n) is 5.65. The molecule has 2 aromatic rings. The van der Waals surface area contributed by atoms with Crippen LogP contribution in [0.4, 0.5) is 0 Å². The Hall–Kier alpha value is -1.54. The predicted molar refractivity (Wildman–Crippen MR) is 88.2 cm³/mol. The first-order valence-electron chi connectivity index (χ1n) is 7.63. The molecule has 0 unspecified atom stereocenters. The molecular weight excluding hydrogens is 244 g/mol. The molecule has 0 aliphatic heterocycles. The van der Waals surface area contributed by atoms with Crippen molar-refractivity contribution in [3.8, 4) is 0 Å². The number of hydrogen-bond donors (Lipinski definition) is 1. The fraction of sp³-hybridized carbons (Fsp3) is 0.444. The van der Waals surface area contributed by atoms with E-state index in [2.05, 4.69) is 60.8 Å². The average Bonchev–Trinajstić information content (AvgIpc) is 2.78. The van der Waals surface area contributed by atoms with Gasteiger partial charge in [-0.1, -0.05) is 38.1 Å². The Bertz CT molecular complexity index is 552. The maximum absolute atomic E-state index is 3.80. The molecule has 1 heterocycles. The number of aryl methyl sites for hydroxylation is 1. The summed E-state index contributed by atoms with van der Waals surface area (Å²) >= 11 is 0. The van der Waals surface area contributed by atoms with E-state index in [0.29, 0.717) is 6.04 Å². The van der Waals surface area contributed by atoms with Gasteiger partial charge in [0.15, 0.2) is 0 Å². The minimum Gasteiger partial charge on any atom is -0.347 e. The van der Waals surface area contributed by atoms with Gasteiger partial charge in [-0.3, -0.25) is 0 Å². The standard InChI is InChI=1S/C18H26N2/c1-4-5-8-13-20-14-16(11-12-19-15(2)3)17-9-6-7-10-18(17)20/h4,6-7,9-10,14-15,19H,1,5,8,11-13H2,2-3H3. The fourth-order valence-electron chi connectivity index (χ4n) is 2.61. The quantitative estimate of drug-likeness (QED) is 0.563. The third kappa shape index (κ3) is 3.73. The van der Waals surface area contributed by atoms with Crippen LogP contribution in [0.2, 0.25) is 0 Å². The second-order valence-corrected chi connectivity index (χ2v) is 5.65. The number of nitrogens with zero attached hydrogens (tertiary/aromatic N) is 1. The molecular formula is C18H26N2. The highest BCUT2D eigenvalue weighted by Gasteiger charge is 2.07. The van der Waals surface area contributed by atoms with E-state index in [-0.39, 0.29) is 0 Å². The third-order valence-corrected chi connectivity index (χ3v) is 3.63. The van der Waals surface area contributed by atoms with Gasteiger partial charge in [0.25, 0.3) is 0 Å². The average molecular weight is 270 g/mol. The van der Waals surface area contributed by atoms with Crippen LogP contribution in [0.5, 0.6) is 0 Å². The summed E-state index contributed by atoms with van der Waals surface area (Å²) in [7, 11) is 0. The molecule has 2 rings (SSSR count). The van der Waals surface area contributed by atoms with Crippen molar-refractivity contribution in [1.82, 2.24) is 9.88 Å². The lowest BCUT2D eigenvalue weighted by Crippen LogP contribution is -2.24. The van der Waals surface area contributed by atoms with Crippen LogP contribution in [-0.4, -0.2) is 17.2 Å². The van der Waals surface area contributed by atoms with Crippen LogP contribution in [0.15, 0.2) is 43.1 Å². The molecule has 0 saturated carbocycles. The zero-order valence-corrected chi connectivity index (χ0v) is 12.7. The Labute approximate surface area is 122 Å². The number of rotatable bonds is 8. The van der Waals surface area contributed by atoms with Crippen LogP contribution < -0.4 is 5.32 Å². The molecule has 2 nitrogen and oxygen atoms in total. The summed E-state index contributed by atoms with van der Waals surface area (Å²) in [5.74, 6) is 0. The lowest BCUT2D eigenvalue weighted by molar-refractivity contribution is 0.590. The highest BCUT2D eigenvalue weighted by molar-refractivity contribution is 5.84. The minimum atomic E-state index is 0.552. The molecule has 0 fully saturated rings. The van der Waals surface area contributed by atoms with Gasteiger partial charge >= 0.3 is 0 Å². The lowest BCUT2D eigenvalue weighted by atomic mass is 10.1. The van der Waals surface area contributed by atoms with Gasteiger partial charge in [-0.25, -0.2) is 0 Å². The van der Waals surface area contributed by atoms with Crippen molar-refractivity contribution in [2.45, 2.75) is 45.7 Å². The monoisotopic (exact) mass is 270 g/mol. The summed E-state index contributed by atoms with van der Waals surface area (Å²) in [4.78, 5) is 0. The summed E-state index contributed by atoms with van der Waals surface area (Å²) in [6, 6.07) is 9.28. The normalized spacial score (nSPS) is 11.3. The molecule has 20 heavy (non-hydrogen) atoms.